The van der Waals surface area contributed by atoms with E-state index in [4.69, 9.17) is 5.11 Å². The van der Waals surface area contributed by atoms with Crippen LogP contribution in [-0.2, 0) is 0 Å². The summed E-state index contributed by atoms with van der Waals surface area (Å²) in [6.45, 7) is 4.77. The molecule has 2 aromatic rings. The van der Waals surface area contributed by atoms with Gasteiger partial charge in [-0.25, -0.2) is 0 Å². The molecule has 0 heterocycles. The lowest BCUT2D eigenvalue weighted by Gasteiger charge is -2.09. The van der Waals surface area contributed by atoms with E-state index in [2.05, 4.69) is 13.8 Å². The first-order chi connectivity index (χ1) is 11.6. The molecule has 130 valence electrons. The Morgan fingerprint density at radius 2 is 1.46 bits per heavy atom. The fourth-order valence-corrected chi connectivity index (χ4v) is 2.21. The topological polar surface area (TPSA) is 57.5 Å². The number of unbranched alkanes of at least 4 members (excludes halogenated alkanes) is 1. The monoisotopic (exact) mass is 328 g/mol. The molecule has 1 atom stereocenters. The van der Waals surface area contributed by atoms with Crippen LogP contribution in [0.2, 0.25) is 0 Å². The number of benzene rings is 2. The van der Waals surface area contributed by atoms with Crippen molar-refractivity contribution in [3.05, 3.63) is 71.8 Å². The maximum Gasteiger partial charge on any atom is 0.195 e. The van der Waals surface area contributed by atoms with E-state index in [1.54, 1.807) is 48.5 Å². The van der Waals surface area contributed by atoms with Gasteiger partial charge in [0, 0.05) is 12.2 Å². The molecule has 3 heteroatoms. The zero-order chi connectivity index (χ0) is 17.8. The molecule has 0 fully saturated rings. The van der Waals surface area contributed by atoms with E-state index in [1.807, 2.05) is 12.1 Å². The summed E-state index contributed by atoms with van der Waals surface area (Å²) in [4.78, 5) is 11.9. The van der Waals surface area contributed by atoms with E-state index < -0.39 is 6.10 Å². The Balaban J connectivity index is 0.000000307. The van der Waals surface area contributed by atoms with Crippen molar-refractivity contribution >= 4 is 5.78 Å². The summed E-state index contributed by atoms with van der Waals surface area (Å²) >= 11 is 0. The van der Waals surface area contributed by atoms with Crippen LogP contribution < -0.4 is 0 Å². The van der Waals surface area contributed by atoms with Crippen molar-refractivity contribution in [2.24, 2.45) is 5.92 Å². The Hall–Kier alpha value is -1.97. The summed E-state index contributed by atoms with van der Waals surface area (Å²) in [5.41, 5.74) is 1.15. The molecule has 0 amide bonds. The van der Waals surface area contributed by atoms with Gasteiger partial charge in [-0.1, -0.05) is 87.4 Å². The highest BCUT2D eigenvalue weighted by molar-refractivity contribution is 5.99. The molecule has 2 aromatic carbocycles. The van der Waals surface area contributed by atoms with Gasteiger partial charge in [0.25, 0.3) is 0 Å². The molecule has 0 aliphatic heterocycles. The SMILES string of the molecule is CC(C)CCCCO.O=C(c1ccccc1)C(O)c1ccccc1. The lowest BCUT2D eigenvalue weighted by Crippen LogP contribution is -2.11. The maximum absolute atomic E-state index is 11.9. The first kappa shape index (κ1) is 20.1. The van der Waals surface area contributed by atoms with E-state index in [1.165, 1.54) is 12.8 Å². The van der Waals surface area contributed by atoms with Gasteiger partial charge in [-0.3, -0.25) is 4.79 Å². The quantitative estimate of drug-likeness (QED) is 0.585. The smallest absolute Gasteiger partial charge is 0.195 e. The Morgan fingerprint density at radius 1 is 0.917 bits per heavy atom. The molecule has 2 rings (SSSR count). The van der Waals surface area contributed by atoms with E-state index in [-0.39, 0.29) is 5.78 Å². The summed E-state index contributed by atoms with van der Waals surface area (Å²) in [5.74, 6) is 0.522. The molecule has 0 saturated heterocycles. The third kappa shape index (κ3) is 7.53. The number of hydrogen-bond acceptors (Lipinski definition) is 3. The first-order valence-electron chi connectivity index (χ1n) is 8.49. The standard InChI is InChI=1S/C14H12O2.C7H16O/c15-13(11-7-3-1-4-8-11)14(16)12-9-5-2-6-10-12;1-7(2)5-3-4-6-8/h1-10,13,15H;7-8H,3-6H2,1-2H3. The fraction of sp³-hybridized carbons (Fsp3) is 0.381. The highest BCUT2D eigenvalue weighted by Crippen LogP contribution is 2.17. The number of hydrogen-bond donors (Lipinski definition) is 2. The molecule has 0 aliphatic rings. The minimum atomic E-state index is -1.08. The van der Waals surface area contributed by atoms with E-state index in [0.717, 1.165) is 12.3 Å². The van der Waals surface area contributed by atoms with Crippen molar-refractivity contribution in [2.45, 2.75) is 39.2 Å². The minimum Gasteiger partial charge on any atom is -0.396 e. The highest BCUT2D eigenvalue weighted by Gasteiger charge is 2.18. The van der Waals surface area contributed by atoms with Gasteiger partial charge in [0.15, 0.2) is 5.78 Å². The van der Waals surface area contributed by atoms with Crippen LogP contribution in [0.3, 0.4) is 0 Å². The first-order valence-corrected chi connectivity index (χ1v) is 8.49. The second kappa shape index (κ2) is 11.5. The molecule has 0 bridgehead atoms. The van der Waals surface area contributed by atoms with E-state index in [0.29, 0.717) is 17.7 Å². The number of rotatable bonds is 7. The Kier molecular flexibility index (Phi) is 9.66. The zero-order valence-electron chi connectivity index (χ0n) is 14.6. The predicted octanol–water partition coefficient (Wildman–Crippen LogP) is 4.41. The van der Waals surface area contributed by atoms with Crippen LogP contribution in [0.25, 0.3) is 0 Å². The van der Waals surface area contributed by atoms with E-state index >= 15 is 0 Å². The van der Waals surface area contributed by atoms with Gasteiger partial charge in [-0.05, 0) is 17.9 Å². The molecular formula is C21H28O3. The van der Waals surface area contributed by atoms with Crippen LogP contribution >= 0.6 is 0 Å². The van der Waals surface area contributed by atoms with Crippen LogP contribution in [-0.4, -0.2) is 22.6 Å². The number of ketones is 1. The predicted molar refractivity (Wildman–Crippen MR) is 97.9 cm³/mol. The van der Waals surface area contributed by atoms with Crippen molar-refractivity contribution < 1.29 is 15.0 Å². The van der Waals surface area contributed by atoms with Crippen LogP contribution in [0, 0.1) is 5.92 Å². The number of aliphatic hydroxyl groups excluding tert-OH is 2. The molecule has 3 nitrogen and oxygen atoms in total. The molecule has 1 unspecified atom stereocenters. The summed E-state index contributed by atoms with van der Waals surface area (Å²) in [6.07, 6.45) is 2.32. The summed E-state index contributed by atoms with van der Waals surface area (Å²) in [5, 5.41) is 18.3. The molecule has 0 spiro atoms. The molecule has 0 radical (unpaired) electrons. The largest absolute Gasteiger partial charge is 0.396 e. The van der Waals surface area contributed by atoms with Gasteiger partial charge >= 0.3 is 0 Å². The Labute approximate surface area is 145 Å². The fourth-order valence-electron chi connectivity index (χ4n) is 2.21. The average molecular weight is 328 g/mol. The van der Waals surface area contributed by atoms with Crippen LogP contribution in [0.15, 0.2) is 60.7 Å². The second-order valence-corrected chi connectivity index (χ2v) is 6.16. The highest BCUT2D eigenvalue weighted by atomic mass is 16.3. The van der Waals surface area contributed by atoms with Gasteiger partial charge in [0.2, 0.25) is 0 Å². The zero-order valence-corrected chi connectivity index (χ0v) is 14.6. The number of Topliss-reactive ketones (excluding diaryl/α,β-unsaturated/α-hetero) is 1. The van der Waals surface area contributed by atoms with Crippen LogP contribution in [0.4, 0.5) is 0 Å². The molecule has 2 N–H and O–H groups in total. The minimum absolute atomic E-state index is 0.271. The van der Waals surface area contributed by atoms with Gasteiger partial charge in [-0.2, -0.15) is 0 Å². The summed E-state index contributed by atoms with van der Waals surface area (Å²) in [6, 6.07) is 17.7. The van der Waals surface area contributed by atoms with E-state index in [9.17, 15) is 9.90 Å². The van der Waals surface area contributed by atoms with Crippen LogP contribution in [0.1, 0.15) is 55.1 Å². The van der Waals surface area contributed by atoms with Crippen LogP contribution in [0.5, 0.6) is 0 Å². The molecule has 0 aliphatic carbocycles. The van der Waals surface area contributed by atoms with Gasteiger partial charge < -0.3 is 10.2 Å². The average Bonchev–Trinajstić information content (AvgIpc) is 2.62. The van der Waals surface area contributed by atoms with Crippen molar-refractivity contribution in [3.8, 4) is 0 Å². The third-order valence-corrected chi connectivity index (χ3v) is 3.61. The normalized spacial score (nSPS) is 11.5. The maximum atomic E-state index is 11.9. The van der Waals surface area contributed by atoms with Gasteiger partial charge in [-0.15, -0.1) is 0 Å². The number of carbonyl (C=O) groups is 1. The Bertz CT molecular complexity index is 564. The van der Waals surface area contributed by atoms with Gasteiger partial charge in [0.05, 0.1) is 0 Å². The number of carbonyl (C=O) groups excluding carboxylic acids is 1. The lowest BCUT2D eigenvalue weighted by atomic mass is 10.0. The second-order valence-electron chi connectivity index (χ2n) is 6.16. The van der Waals surface area contributed by atoms with Gasteiger partial charge in [0.1, 0.15) is 6.10 Å². The van der Waals surface area contributed by atoms with Crippen molar-refractivity contribution in [1.29, 1.82) is 0 Å². The summed E-state index contributed by atoms with van der Waals surface area (Å²) in [7, 11) is 0. The summed E-state index contributed by atoms with van der Waals surface area (Å²) < 4.78 is 0. The molecule has 0 aromatic heterocycles. The van der Waals surface area contributed by atoms with Crippen molar-refractivity contribution in [3.63, 3.8) is 0 Å². The molecule has 24 heavy (non-hydrogen) atoms. The third-order valence-electron chi connectivity index (χ3n) is 3.61. The Morgan fingerprint density at radius 3 is 1.96 bits per heavy atom. The molecular weight excluding hydrogens is 300 g/mol. The van der Waals surface area contributed by atoms with Crippen molar-refractivity contribution in [1.82, 2.24) is 0 Å². The lowest BCUT2D eigenvalue weighted by molar-refractivity contribution is 0.0747. The number of aliphatic hydroxyl groups is 2. The molecule has 0 saturated carbocycles. The van der Waals surface area contributed by atoms with Crippen molar-refractivity contribution in [2.75, 3.05) is 6.61 Å².